The minimum atomic E-state index is 0.302. The Morgan fingerprint density at radius 1 is 0.650 bits per heavy atom. The maximum atomic E-state index is 5.85. The van der Waals surface area contributed by atoms with Crippen LogP contribution >= 0.6 is 0 Å². The zero-order valence-corrected chi connectivity index (χ0v) is 11.8. The van der Waals surface area contributed by atoms with Crippen LogP contribution in [0.4, 0.5) is 0 Å². The maximum Gasteiger partial charge on any atom is 0.0300 e. The second-order valence-electron chi connectivity index (χ2n) is 5.69. The van der Waals surface area contributed by atoms with Crippen molar-refractivity contribution in [3.8, 4) is 0 Å². The molecular formula is C18H22N2. The third-order valence-corrected chi connectivity index (χ3v) is 4.36. The normalized spacial score (nSPS) is 22.7. The number of hydrogen-bond donors (Lipinski definition) is 2. The van der Waals surface area contributed by atoms with Gasteiger partial charge < -0.3 is 11.5 Å². The Bertz CT molecular complexity index is 538. The van der Waals surface area contributed by atoms with Crippen LogP contribution in [0.5, 0.6) is 0 Å². The smallest absolute Gasteiger partial charge is 0.0300 e. The fraction of sp³-hybridized carbons (Fsp3) is 0.333. The molecule has 0 amide bonds. The van der Waals surface area contributed by atoms with Crippen LogP contribution in [0.15, 0.2) is 48.5 Å². The van der Waals surface area contributed by atoms with Gasteiger partial charge in [-0.15, -0.1) is 0 Å². The molecule has 2 heteroatoms. The summed E-state index contributed by atoms with van der Waals surface area (Å²) in [4.78, 5) is 0. The molecule has 2 nitrogen and oxygen atoms in total. The van der Waals surface area contributed by atoms with Crippen molar-refractivity contribution < 1.29 is 0 Å². The Morgan fingerprint density at radius 3 is 1.45 bits per heavy atom. The van der Waals surface area contributed by atoms with Crippen LogP contribution in [0.2, 0.25) is 0 Å². The standard InChI is InChI=1S/2C9H11N/c2*10-9-6-5-7-3-1-2-4-8(7)9/h2*1-4,9H,5-6,10H2/t2*9-/m00/s1. The zero-order valence-electron chi connectivity index (χ0n) is 11.8. The lowest BCUT2D eigenvalue weighted by atomic mass is 10.1. The first kappa shape index (κ1) is 13.3. The summed E-state index contributed by atoms with van der Waals surface area (Å²) in [5.41, 5.74) is 17.3. The quantitative estimate of drug-likeness (QED) is 0.769. The first-order chi connectivity index (χ1) is 9.75. The molecule has 20 heavy (non-hydrogen) atoms. The second kappa shape index (κ2) is 5.78. The fourth-order valence-electron chi connectivity index (χ4n) is 3.18. The predicted octanol–water partition coefficient (Wildman–Crippen LogP) is 3.27. The van der Waals surface area contributed by atoms with E-state index in [1.807, 2.05) is 0 Å². The van der Waals surface area contributed by atoms with Crippen LogP contribution in [0.25, 0.3) is 0 Å². The third kappa shape index (κ3) is 2.62. The van der Waals surface area contributed by atoms with E-state index in [0.29, 0.717) is 12.1 Å². The highest BCUT2D eigenvalue weighted by molar-refractivity contribution is 5.34. The first-order valence-corrected chi connectivity index (χ1v) is 7.42. The van der Waals surface area contributed by atoms with Gasteiger partial charge in [0.05, 0.1) is 0 Å². The van der Waals surface area contributed by atoms with E-state index in [1.165, 1.54) is 22.3 Å². The predicted molar refractivity (Wildman–Crippen MR) is 83.4 cm³/mol. The Hall–Kier alpha value is -1.64. The molecule has 2 aromatic carbocycles. The molecule has 2 aliphatic rings. The lowest BCUT2D eigenvalue weighted by Crippen LogP contribution is -2.04. The van der Waals surface area contributed by atoms with Gasteiger partial charge in [-0.1, -0.05) is 48.5 Å². The molecule has 104 valence electrons. The SMILES string of the molecule is N[C@H]1CCc2ccccc21.N[C@H]1CCc2ccccc21. The van der Waals surface area contributed by atoms with Gasteiger partial charge in [-0.25, -0.2) is 0 Å². The zero-order chi connectivity index (χ0) is 13.9. The van der Waals surface area contributed by atoms with Gasteiger partial charge in [0, 0.05) is 12.1 Å². The van der Waals surface area contributed by atoms with Gasteiger partial charge in [0.25, 0.3) is 0 Å². The number of aryl methyl sites for hydroxylation is 2. The van der Waals surface area contributed by atoms with Crippen molar-refractivity contribution in [2.45, 2.75) is 37.8 Å². The van der Waals surface area contributed by atoms with Crippen LogP contribution in [0.3, 0.4) is 0 Å². The largest absolute Gasteiger partial charge is 0.324 e. The molecular weight excluding hydrogens is 244 g/mol. The van der Waals surface area contributed by atoms with Crippen LogP contribution in [0.1, 0.15) is 47.2 Å². The molecule has 0 radical (unpaired) electrons. The van der Waals surface area contributed by atoms with E-state index in [-0.39, 0.29) is 0 Å². The summed E-state index contributed by atoms with van der Waals surface area (Å²) in [6.45, 7) is 0. The Kier molecular flexibility index (Phi) is 3.86. The van der Waals surface area contributed by atoms with Crippen LogP contribution < -0.4 is 11.5 Å². The van der Waals surface area contributed by atoms with Crippen molar-refractivity contribution in [2.75, 3.05) is 0 Å². The summed E-state index contributed by atoms with van der Waals surface area (Å²) in [6, 6.07) is 17.5. The molecule has 2 aliphatic carbocycles. The number of benzene rings is 2. The van der Waals surface area contributed by atoms with Gasteiger partial charge in [-0.3, -0.25) is 0 Å². The lowest BCUT2D eigenvalue weighted by molar-refractivity contribution is 0.713. The molecule has 2 atom stereocenters. The topological polar surface area (TPSA) is 52.0 Å². The third-order valence-electron chi connectivity index (χ3n) is 4.36. The first-order valence-electron chi connectivity index (χ1n) is 7.42. The Balaban J connectivity index is 0.000000121. The summed E-state index contributed by atoms with van der Waals surface area (Å²) in [6.07, 6.45) is 4.58. The van der Waals surface area contributed by atoms with Crippen molar-refractivity contribution in [3.63, 3.8) is 0 Å². The van der Waals surface area contributed by atoms with Gasteiger partial charge in [0.15, 0.2) is 0 Å². The molecule has 4 N–H and O–H groups in total. The highest BCUT2D eigenvalue weighted by atomic mass is 14.6. The van der Waals surface area contributed by atoms with E-state index in [4.69, 9.17) is 11.5 Å². The van der Waals surface area contributed by atoms with Crippen molar-refractivity contribution in [2.24, 2.45) is 11.5 Å². The molecule has 4 rings (SSSR count). The molecule has 2 aromatic rings. The van der Waals surface area contributed by atoms with Crippen LogP contribution in [-0.2, 0) is 12.8 Å². The minimum Gasteiger partial charge on any atom is -0.324 e. The lowest BCUT2D eigenvalue weighted by Gasteiger charge is -2.01. The monoisotopic (exact) mass is 266 g/mol. The summed E-state index contributed by atoms with van der Waals surface area (Å²) >= 11 is 0. The van der Waals surface area contributed by atoms with E-state index >= 15 is 0 Å². The van der Waals surface area contributed by atoms with E-state index < -0.39 is 0 Å². The molecule has 0 aromatic heterocycles. The van der Waals surface area contributed by atoms with E-state index in [2.05, 4.69) is 48.5 Å². The molecule has 0 fully saturated rings. The van der Waals surface area contributed by atoms with Gasteiger partial charge >= 0.3 is 0 Å². The highest BCUT2D eigenvalue weighted by Gasteiger charge is 2.17. The van der Waals surface area contributed by atoms with Gasteiger partial charge in [0.2, 0.25) is 0 Å². The highest BCUT2D eigenvalue weighted by Crippen LogP contribution is 2.28. The molecule has 0 saturated carbocycles. The molecule has 0 unspecified atom stereocenters. The number of hydrogen-bond acceptors (Lipinski definition) is 2. The molecule has 0 aliphatic heterocycles. The molecule has 0 spiro atoms. The summed E-state index contributed by atoms with van der Waals surface area (Å²) in [7, 11) is 0. The molecule has 0 bridgehead atoms. The number of rotatable bonds is 0. The second-order valence-corrected chi connectivity index (χ2v) is 5.69. The maximum absolute atomic E-state index is 5.85. The summed E-state index contributed by atoms with van der Waals surface area (Å²) in [5.74, 6) is 0. The minimum absolute atomic E-state index is 0.302. The van der Waals surface area contributed by atoms with Gasteiger partial charge in [-0.05, 0) is 47.9 Å². The summed E-state index contributed by atoms with van der Waals surface area (Å²) in [5, 5.41) is 0. The average Bonchev–Trinajstić information content (AvgIpc) is 3.05. The Morgan fingerprint density at radius 2 is 1.05 bits per heavy atom. The van der Waals surface area contributed by atoms with Crippen LogP contribution in [0, 0.1) is 0 Å². The van der Waals surface area contributed by atoms with Gasteiger partial charge in [-0.2, -0.15) is 0 Å². The van der Waals surface area contributed by atoms with Crippen LogP contribution in [-0.4, -0.2) is 0 Å². The van der Waals surface area contributed by atoms with Crippen molar-refractivity contribution in [1.29, 1.82) is 0 Å². The van der Waals surface area contributed by atoms with Crippen molar-refractivity contribution >= 4 is 0 Å². The van der Waals surface area contributed by atoms with E-state index in [9.17, 15) is 0 Å². The van der Waals surface area contributed by atoms with Crippen molar-refractivity contribution in [3.05, 3.63) is 70.8 Å². The Labute approximate surface area is 120 Å². The molecule has 0 heterocycles. The average molecular weight is 266 g/mol. The van der Waals surface area contributed by atoms with E-state index in [1.54, 1.807) is 0 Å². The number of fused-ring (bicyclic) bond motifs is 2. The van der Waals surface area contributed by atoms with E-state index in [0.717, 1.165) is 25.7 Å². The fourth-order valence-corrected chi connectivity index (χ4v) is 3.18. The van der Waals surface area contributed by atoms with Crippen molar-refractivity contribution in [1.82, 2.24) is 0 Å². The van der Waals surface area contributed by atoms with Gasteiger partial charge in [0.1, 0.15) is 0 Å². The number of nitrogens with two attached hydrogens (primary N) is 2. The summed E-state index contributed by atoms with van der Waals surface area (Å²) < 4.78 is 0. The molecule has 0 saturated heterocycles.